The van der Waals surface area contributed by atoms with Crippen molar-refractivity contribution in [2.45, 2.75) is 12.7 Å². The van der Waals surface area contributed by atoms with Crippen molar-refractivity contribution in [2.75, 3.05) is 26.9 Å². The SMILES string of the molecule is COCc1ccc(C(=O)OCC(=O)NC[C@@H]2COc3ccccc3O2)cc1. The molecular weight excluding hydrogens is 350 g/mol. The number of rotatable bonds is 7. The molecule has 1 amide bonds. The number of carbonyl (C=O) groups is 2. The van der Waals surface area contributed by atoms with Gasteiger partial charge in [0.25, 0.3) is 5.91 Å². The lowest BCUT2D eigenvalue weighted by atomic mass is 10.1. The monoisotopic (exact) mass is 371 g/mol. The predicted molar refractivity (Wildman–Crippen MR) is 96.8 cm³/mol. The summed E-state index contributed by atoms with van der Waals surface area (Å²) in [4.78, 5) is 23.9. The molecule has 0 spiro atoms. The van der Waals surface area contributed by atoms with E-state index in [1.165, 1.54) is 0 Å². The Labute approximate surface area is 157 Å². The van der Waals surface area contributed by atoms with E-state index < -0.39 is 11.9 Å². The summed E-state index contributed by atoms with van der Waals surface area (Å²) in [6.45, 7) is 0.708. The summed E-state index contributed by atoms with van der Waals surface area (Å²) in [7, 11) is 1.60. The first-order valence-electron chi connectivity index (χ1n) is 8.56. The van der Waals surface area contributed by atoms with Crippen LogP contribution in [0, 0.1) is 0 Å². The van der Waals surface area contributed by atoms with Crippen LogP contribution in [0.3, 0.4) is 0 Å². The van der Waals surface area contributed by atoms with Gasteiger partial charge in [0.05, 0.1) is 18.7 Å². The molecule has 7 nitrogen and oxygen atoms in total. The predicted octanol–water partition coefficient (Wildman–Crippen LogP) is 1.95. The molecule has 0 aliphatic carbocycles. The molecule has 3 rings (SSSR count). The summed E-state index contributed by atoms with van der Waals surface area (Å²) >= 11 is 0. The van der Waals surface area contributed by atoms with Crippen molar-refractivity contribution in [1.82, 2.24) is 5.32 Å². The van der Waals surface area contributed by atoms with Crippen molar-refractivity contribution in [1.29, 1.82) is 0 Å². The van der Waals surface area contributed by atoms with Crippen LogP contribution in [0.4, 0.5) is 0 Å². The standard InChI is InChI=1S/C20H21NO6/c1-24-11-14-6-8-15(9-7-14)20(23)26-13-19(22)21-10-16-12-25-17-4-2-3-5-18(17)27-16/h2-9,16H,10-13H2,1H3,(H,21,22)/t16-/m1/s1. The third-order valence-corrected chi connectivity index (χ3v) is 3.93. The Hall–Kier alpha value is -3.06. The van der Waals surface area contributed by atoms with Gasteiger partial charge < -0.3 is 24.3 Å². The van der Waals surface area contributed by atoms with Gasteiger partial charge in [-0.05, 0) is 29.8 Å². The maximum atomic E-state index is 12.0. The Kier molecular flexibility index (Phi) is 6.27. The maximum absolute atomic E-state index is 12.0. The smallest absolute Gasteiger partial charge is 0.338 e. The van der Waals surface area contributed by atoms with E-state index in [1.807, 2.05) is 24.3 Å². The van der Waals surface area contributed by atoms with E-state index in [4.69, 9.17) is 18.9 Å². The first-order valence-corrected chi connectivity index (χ1v) is 8.56. The van der Waals surface area contributed by atoms with Crippen LogP contribution >= 0.6 is 0 Å². The van der Waals surface area contributed by atoms with Gasteiger partial charge in [-0.3, -0.25) is 4.79 Å². The van der Waals surface area contributed by atoms with Crippen LogP contribution in [0.15, 0.2) is 48.5 Å². The van der Waals surface area contributed by atoms with Gasteiger partial charge in [0.2, 0.25) is 0 Å². The van der Waals surface area contributed by atoms with Crippen LogP contribution in [-0.4, -0.2) is 44.8 Å². The summed E-state index contributed by atoms with van der Waals surface area (Å²) in [5, 5.41) is 2.68. The number of methoxy groups -OCH3 is 1. The fourth-order valence-electron chi connectivity index (χ4n) is 2.56. The van der Waals surface area contributed by atoms with Gasteiger partial charge in [0.15, 0.2) is 18.1 Å². The van der Waals surface area contributed by atoms with Crippen molar-refractivity contribution in [2.24, 2.45) is 0 Å². The molecule has 27 heavy (non-hydrogen) atoms. The number of para-hydroxylation sites is 2. The highest BCUT2D eigenvalue weighted by molar-refractivity contribution is 5.91. The molecule has 0 aromatic heterocycles. The average Bonchev–Trinajstić information content (AvgIpc) is 2.71. The maximum Gasteiger partial charge on any atom is 0.338 e. The number of carbonyl (C=O) groups excluding carboxylic acids is 2. The fraction of sp³-hybridized carbons (Fsp3) is 0.300. The van der Waals surface area contributed by atoms with Gasteiger partial charge >= 0.3 is 5.97 Å². The van der Waals surface area contributed by atoms with E-state index in [1.54, 1.807) is 31.4 Å². The minimum absolute atomic E-state index is 0.260. The molecule has 1 heterocycles. The first kappa shape index (κ1) is 18.7. The van der Waals surface area contributed by atoms with Crippen LogP contribution in [0.2, 0.25) is 0 Å². The Morgan fingerprint density at radius 1 is 1.11 bits per heavy atom. The summed E-state index contributed by atoms with van der Waals surface area (Å²) in [6.07, 6.45) is -0.298. The second kappa shape index (κ2) is 9.05. The fourth-order valence-corrected chi connectivity index (χ4v) is 2.56. The number of hydrogen-bond donors (Lipinski definition) is 1. The minimum atomic E-state index is -0.555. The number of nitrogens with one attached hydrogen (secondary N) is 1. The lowest BCUT2D eigenvalue weighted by Gasteiger charge is -2.26. The topological polar surface area (TPSA) is 83.1 Å². The van der Waals surface area contributed by atoms with Gasteiger partial charge in [0, 0.05) is 7.11 Å². The zero-order chi connectivity index (χ0) is 19.1. The van der Waals surface area contributed by atoms with Crippen molar-refractivity contribution < 1.29 is 28.5 Å². The lowest BCUT2D eigenvalue weighted by molar-refractivity contribution is -0.124. The van der Waals surface area contributed by atoms with Crippen LogP contribution in [0.25, 0.3) is 0 Å². The third kappa shape index (κ3) is 5.21. The molecule has 1 N–H and O–H groups in total. The largest absolute Gasteiger partial charge is 0.486 e. The van der Waals surface area contributed by atoms with Crippen LogP contribution in [0.5, 0.6) is 11.5 Å². The molecule has 0 radical (unpaired) electrons. The van der Waals surface area contributed by atoms with E-state index in [2.05, 4.69) is 5.32 Å². The van der Waals surface area contributed by atoms with Crippen molar-refractivity contribution in [3.63, 3.8) is 0 Å². The van der Waals surface area contributed by atoms with E-state index in [0.717, 1.165) is 5.56 Å². The van der Waals surface area contributed by atoms with Crippen LogP contribution in [0.1, 0.15) is 15.9 Å². The van der Waals surface area contributed by atoms with Gasteiger partial charge in [-0.25, -0.2) is 4.79 Å². The highest BCUT2D eigenvalue weighted by Crippen LogP contribution is 2.30. The number of benzene rings is 2. The zero-order valence-corrected chi connectivity index (χ0v) is 15.0. The van der Waals surface area contributed by atoms with E-state index in [-0.39, 0.29) is 19.3 Å². The van der Waals surface area contributed by atoms with Gasteiger partial charge in [-0.1, -0.05) is 24.3 Å². The third-order valence-electron chi connectivity index (χ3n) is 3.93. The van der Waals surface area contributed by atoms with Crippen molar-refractivity contribution >= 4 is 11.9 Å². The molecule has 0 saturated carbocycles. The molecule has 0 bridgehead atoms. The molecule has 1 aliphatic rings. The Balaban J connectivity index is 1.40. The summed E-state index contributed by atoms with van der Waals surface area (Å²) in [6, 6.07) is 14.2. The van der Waals surface area contributed by atoms with E-state index in [9.17, 15) is 9.59 Å². The van der Waals surface area contributed by atoms with Crippen molar-refractivity contribution in [3.05, 3.63) is 59.7 Å². The number of esters is 1. The second-order valence-electron chi connectivity index (χ2n) is 6.01. The highest BCUT2D eigenvalue weighted by Gasteiger charge is 2.21. The Bertz CT molecular complexity index is 789. The van der Waals surface area contributed by atoms with Gasteiger partial charge in [-0.15, -0.1) is 0 Å². The van der Waals surface area contributed by atoms with Gasteiger partial charge in [-0.2, -0.15) is 0 Å². The summed E-state index contributed by atoms with van der Waals surface area (Å²) in [5.41, 5.74) is 1.33. The number of fused-ring (bicyclic) bond motifs is 1. The molecule has 0 unspecified atom stereocenters. The molecule has 0 fully saturated rings. The molecule has 7 heteroatoms. The first-order chi connectivity index (χ1) is 13.2. The molecular formula is C20H21NO6. The normalized spacial score (nSPS) is 15.1. The minimum Gasteiger partial charge on any atom is -0.486 e. The van der Waals surface area contributed by atoms with Crippen LogP contribution < -0.4 is 14.8 Å². The molecule has 1 aliphatic heterocycles. The molecule has 142 valence electrons. The van der Waals surface area contributed by atoms with E-state index in [0.29, 0.717) is 30.3 Å². The second-order valence-corrected chi connectivity index (χ2v) is 6.01. The Morgan fingerprint density at radius 3 is 2.59 bits per heavy atom. The molecule has 2 aromatic rings. The quantitative estimate of drug-likeness (QED) is 0.749. The average molecular weight is 371 g/mol. The van der Waals surface area contributed by atoms with Crippen LogP contribution in [-0.2, 0) is 20.9 Å². The molecule has 0 saturated heterocycles. The van der Waals surface area contributed by atoms with E-state index >= 15 is 0 Å². The summed E-state index contributed by atoms with van der Waals surface area (Å²) < 4.78 is 21.4. The highest BCUT2D eigenvalue weighted by atomic mass is 16.6. The molecule has 2 aromatic carbocycles. The number of hydrogen-bond acceptors (Lipinski definition) is 6. The zero-order valence-electron chi connectivity index (χ0n) is 15.0. The lowest BCUT2D eigenvalue weighted by Crippen LogP contribution is -2.42. The Morgan fingerprint density at radius 2 is 1.85 bits per heavy atom. The molecule has 1 atom stereocenters. The van der Waals surface area contributed by atoms with Gasteiger partial charge in [0.1, 0.15) is 12.7 Å². The van der Waals surface area contributed by atoms with Crippen molar-refractivity contribution in [3.8, 4) is 11.5 Å². The number of ether oxygens (including phenoxy) is 4. The summed E-state index contributed by atoms with van der Waals surface area (Å²) in [5.74, 6) is 0.374. The number of amides is 1.